The van der Waals surface area contributed by atoms with E-state index in [0.29, 0.717) is 16.7 Å². The molecule has 0 atom stereocenters. The molecule has 0 bridgehead atoms. The van der Waals surface area contributed by atoms with Gasteiger partial charge in [0.2, 0.25) is 0 Å². The fourth-order valence-electron chi connectivity index (χ4n) is 9.91. The summed E-state index contributed by atoms with van der Waals surface area (Å²) in [5.74, 6) is 0. The van der Waals surface area contributed by atoms with Gasteiger partial charge >= 0.3 is 7.12 Å². The first kappa shape index (κ1) is 35.9. The third-order valence-corrected chi connectivity index (χ3v) is 12.6. The molecule has 60 heavy (non-hydrogen) atoms. The molecule has 0 spiro atoms. The fraction of sp³-hybridized carbons (Fsp3) is 0.0357. The van der Waals surface area contributed by atoms with Gasteiger partial charge in [-0.2, -0.15) is 0 Å². The molecule has 0 saturated heterocycles. The van der Waals surface area contributed by atoms with Crippen LogP contribution in [0.1, 0.15) is 22.3 Å². The van der Waals surface area contributed by atoms with Crippen LogP contribution in [0, 0.1) is 0 Å². The second kappa shape index (κ2) is 14.5. The first-order chi connectivity index (χ1) is 29.5. The zero-order valence-corrected chi connectivity index (χ0v) is 32.9. The quantitative estimate of drug-likeness (QED) is 0.112. The van der Waals surface area contributed by atoms with Crippen LogP contribution < -0.4 is 11.2 Å². The predicted octanol–water partition coefficient (Wildman–Crippen LogP) is 12.1. The van der Waals surface area contributed by atoms with Crippen LogP contribution >= 0.6 is 0 Å². The summed E-state index contributed by atoms with van der Waals surface area (Å²) in [4.78, 5) is 0. The lowest BCUT2D eigenvalue weighted by Gasteiger charge is -2.28. The maximum atomic E-state index is 12.0. The van der Waals surface area contributed by atoms with E-state index in [2.05, 4.69) is 158 Å². The van der Waals surface area contributed by atoms with Crippen LogP contribution in [0.5, 0.6) is 0 Å². The molecule has 0 aromatic heterocycles. The van der Waals surface area contributed by atoms with Crippen LogP contribution in [0.15, 0.2) is 194 Å². The summed E-state index contributed by atoms with van der Waals surface area (Å²) in [7, 11) is -1.83. The van der Waals surface area contributed by atoms with Crippen molar-refractivity contribution in [2.45, 2.75) is 12.8 Å². The van der Waals surface area contributed by atoms with E-state index in [1.54, 1.807) is 0 Å². The summed E-state index contributed by atoms with van der Waals surface area (Å²) in [5.41, 5.74) is 29.6. The van der Waals surface area contributed by atoms with Crippen molar-refractivity contribution < 1.29 is 10.0 Å². The Morgan fingerprint density at radius 1 is 0.317 bits per heavy atom. The summed E-state index contributed by atoms with van der Waals surface area (Å²) >= 11 is 0. The van der Waals surface area contributed by atoms with Gasteiger partial charge in [0.25, 0.3) is 0 Å². The van der Waals surface area contributed by atoms with Crippen LogP contribution in [0.2, 0.25) is 0 Å². The van der Waals surface area contributed by atoms with Gasteiger partial charge in [-0.1, -0.05) is 194 Å². The Hall–Kier alpha value is -7.24. The van der Waals surface area contributed by atoms with E-state index in [4.69, 9.17) is 5.73 Å². The number of anilines is 1. The van der Waals surface area contributed by atoms with Gasteiger partial charge in [-0.15, -0.1) is 0 Å². The van der Waals surface area contributed by atoms with E-state index in [1.807, 2.05) is 36.4 Å². The summed E-state index contributed by atoms with van der Waals surface area (Å²) in [6, 6.07) is 67.7. The minimum absolute atomic E-state index is 0.436. The first-order valence-electron chi connectivity index (χ1n) is 20.6. The molecular formula is C56H40BNO2. The summed E-state index contributed by atoms with van der Waals surface area (Å²) in [6.45, 7) is 0. The van der Waals surface area contributed by atoms with Crippen molar-refractivity contribution in [1.29, 1.82) is 0 Å². The molecule has 0 fully saturated rings. The Bertz CT molecular complexity index is 3100. The summed E-state index contributed by atoms with van der Waals surface area (Å²) < 4.78 is 0. The van der Waals surface area contributed by atoms with Crippen LogP contribution in [0.4, 0.5) is 5.69 Å². The molecule has 284 valence electrons. The van der Waals surface area contributed by atoms with Crippen molar-refractivity contribution >= 4 is 18.3 Å². The topological polar surface area (TPSA) is 66.5 Å². The normalized spacial score (nSPS) is 12.1. The van der Waals surface area contributed by atoms with Crippen molar-refractivity contribution in [2.24, 2.45) is 0 Å². The molecule has 0 aliphatic heterocycles. The van der Waals surface area contributed by atoms with E-state index in [-0.39, 0.29) is 0 Å². The van der Waals surface area contributed by atoms with Crippen LogP contribution in [0.3, 0.4) is 0 Å². The van der Waals surface area contributed by atoms with Crippen LogP contribution in [0.25, 0.3) is 89.0 Å². The Labute approximate surface area is 350 Å². The molecule has 0 unspecified atom stereocenters. The summed E-state index contributed by atoms with van der Waals surface area (Å²) in [5, 5.41) is 24.1. The van der Waals surface area contributed by atoms with Gasteiger partial charge in [0.1, 0.15) is 0 Å². The number of hydrogen-bond donors (Lipinski definition) is 3. The van der Waals surface area contributed by atoms with Gasteiger partial charge in [0, 0.05) is 16.8 Å². The van der Waals surface area contributed by atoms with Crippen molar-refractivity contribution in [3.8, 4) is 89.0 Å². The lowest BCUT2D eigenvalue weighted by Crippen LogP contribution is -2.35. The van der Waals surface area contributed by atoms with E-state index >= 15 is 0 Å². The van der Waals surface area contributed by atoms with E-state index in [0.717, 1.165) is 85.2 Å². The molecule has 0 amide bonds. The zero-order chi connectivity index (χ0) is 40.3. The van der Waals surface area contributed by atoms with Gasteiger partial charge in [0.15, 0.2) is 0 Å². The third kappa shape index (κ3) is 5.84. The molecule has 4 N–H and O–H groups in total. The summed E-state index contributed by atoms with van der Waals surface area (Å²) in [6.07, 6.45) is 1.48. The average Bonchev–Trinajstić information content (AvgIpc) is 3.88. The molecule has 3 nitrogen and oxygen atoms in total. The third-order valence-electron chi connectivity index (χ3n) is 12.6. The van der Waals surface area contributed by atoms with Gasteiger partial charge in [0.05, 0.1) is 0 Å². The molecule has 9 aromatic rings. The molecule has 4 heteroatoms. The van der Waals surface area contributed by atoms with Gasteiger partial charge < -0.3 is 15.8 Å². The second-order valence-corrected chi connectivity index (χ2v) is 15.9. The van der Waals surface area contributed by atoms with E-state index in [9.17, 15) is 10.0 Å². The zero-order valence-electron chi connectivity index (χ0n) is 32.9. The molecule has 0 radical (unpaired) electrons. The van der Waals surface area contributed by atoms with Crippen molar-refractivity contribution in [3.05, 3.63) is 216 Å². The number of fused-ring (bicyclic) bond motifs is 6. The Kier molecular flexibility index (Phi) is 8.70. The molecule has 0 saturated carbocycles. The lowest BCUT2D eigenvalue weighted by molar-refractivity contribution is 0.426. The number of rotatable bonds is 7. The number of hydrogen-bond acceptors (Lipinski definition) is 3. The van der Waals surface area contributed by atoms with Crippen LogP contribution in [-0.4, -0.2) is 17.2 Å². The SMILES string of the molecule is Nc1c(-c2ccc(-c3ccccc3)cc2)c(-c2ccc(-c3ccccc3)cc2)c(B(O)O)c(-c2cccc3c2Cc2ccccc2-3)c1-c1cccc2c1Cc1ccccc1-2. The largest absolute Gasteiger partial charge is 0.489 e. The highest BCUT2D eigenvalue weighted by Crippen LogP contribution is 2.52. The number of nitrogen functional groups attached to an aromatic ring is 1. The van der Waals surface area contributed by atoms with Gasteiger partial charge in [-0.05, 0) is 118 Å². The molecule has 9 aromatic carbocycles. The molecule has 11 rings (SSSR count). The highest BCUT2D eigenvalue weighted by atomic mass is 16.4. The molecular weight excluding hydrogens is 729 g/mol. The maximum absolute atomic E-state index is 12.0. The fourth-order valence-corrected chi connectivity index (χ4v) is 9.91. The van der Waals surface area contributed by atoms with Crippen LogP contribution in [-0.2, 0) is 12.8 Å². The first-order valence-corrected chi connectivity index (χ1v) is 20.6. The van der Waals surface area contributed by atoms with E-state index in [1.165, 1.54) is 33.4 Å². The van der Waals surface area contributed by atoms with Crippen molar-refractivity contribution in [3.63, 3.8) is 0 Å². The maximum Gasteiger partial charge on any atom is 0.489 e. The van der Waals surface area contributed by atoms with Gasteiger partial charge in [-0.25, -0.2) is 0 Å². The van der Waals surface area contributed by atoms with Crippen molar-refractivity contribution in [2.75, 3.05) is 5.73 Å². The van der Waals surface area contributed by atoms with E-state index < -0.39 is 7.12 Å². The Morgan fingerprint density at radius 3 is 1.17 bits per heavy atom. The lowest BCUT2D eigenvalue weighted by atomic mass is 9.65. The number of benzene rings is 9. The minimum atomic E-state index is -1.83. The highest BCUT2D eigenvalue weighted by Gasteiger charge is 2.35. The molecule has 2 aliphatic carbocycles. The predicted molar refractivity (Wildman–Crippen MR) is 250 cm³/mol. The highest BCUT2D eigenvalue weighted by molar-refractivity contribution is 6.63. The van der Waals surface area contributed by atoms with Gasteiger partial charge in [-0.3, -0.25) is 0 Å². The minimum Gasteiger partial charge on any atom is -0.423 e. The average molecular weight is 770 g/mol. The molecule has 2 aliphatic rings. The second-order valence-electron chi connectivity index (χ2n) is 15.9. The Morgan fingerprint density at radius 2 is 0.683 bits per heavy atom. The Balaban J connectivity index is 1.25. The van der Waals surface area contributed by atoms with Crippen molar-refractivity contribution in [1.82, 2.24) is 0 Å². The molecule has 0 heterocycles. The smallest absolute Gasteiger partial charge is 0.423 e. The standard InChI is InChI=1S/C56H40BNO2/c58-56-52(40-31-27-38(28-32-40)36-15-5-2-6-16-36)51(39-29-25-37(26-30-39)35-13-3-1-4-14-35)55(57(59)60)53(47-23-11-21-45-43-19-9-7-17-41(43)33-49(45)47)54(56)48-24-12-22-46-44-20-10-8-18-42(44)34-50(46)48/h1-32,59-60H,33-34,58H2. The monoisotopic (exact) mass is 769 g/mol. The number of nitrogens with two attached hydrogens (primary N) is 1.